The molecule has 0 spiro atoms. The largest absolute Gasteiger partial charge is 0.466 e. The maximum absolute atomic E-state index is 13.2. The van der Waals surface area contributed by atoms with Gasteiger partial charge in [-0.3, -0.25) is 4.79 Å². The molecule has 3 aromatic rings. The van der Waals surface area contributed by atoms with Gasteiger partial charge in [0.2, 0.25) is 0 Å². The van der Waals surface area contributed by atoms with E-state index in [2.05, 4.69) is 10.3 Å². The van der Waals surface area contributed by atoms with Crippen molar-refractivity contribution in [2.24, 2.45) is 5.16 Å². The van der Waals surface area contributed by atoms with E-state index >= 15 is 0 Å². The first-order chi connectivity index (χ1) is 15.9. The highest BCUT2D eigenvalue weighted by Crippen LogP contribution is 2.45. The Morgan fingerprint density at radius 3 is 2.48 bits per heavy atom. The van der Waals surface area contributed by atoms with E-state index in [0.29, 0.717) is 39.5 Å². The van der Waals surface area contributed by atoms with Crippen molar-refractivity contribution in [2.45, 2.75) is 32.0 Å². The number of methoxy groups -OCH3 is 1. The van der Waals surface area contributed by atoms with Gasteiger partial charge in [-0.1, -0.05) is 58.8 Å². The second-order valence-electron chi connectivity index (χ2n) is 7.63. The van der Waals surface area contributed by atoms with Crippen LogP contribution in [0.4, 0.5) is 5.69 Å². The van der Waals surface area contributed by atoms with Crippen LogP contribution in [0.15, 0.2) is 64.3 Å². The van der Waals surface area contributed by atoms with Gasteiger partial charge in [-0.25, -0.2) is 4.79 Å². The van der Waals surface area contributed by atoms with Gasteiger partial charge in [-0.05, 0) is 13.0 Å². The number of hydrogen-bond donors (Lipinski definition) is 1. The summed E-state index contributed by atoms with van der Waals surface area (Å²) in [6, 6.07) is 16.3. The van der Waals surface area contributed by atoms with Gasteiger partial charge in [0.15, 0.2) is 6.10 Å². The number of rotatable bonds is 6. The molecule has 0 saturated carbocycles. The Morgan fingerprint density at radius 1 is 1.12 bits per heavy atom. The number of esters is 2. The van der Waals surface area contributed by atoms with E-state index in [9.17, 15) is 9.59 Å². The number of benzene rings is 2. The van der Waals surface area contributed by atoms with Crippen LogP contribution in [0.25, 0.3) is 11.3 Å². The van der Waals surface area contributed by atoms with Crippen molar-refractivity contribution in [3.8, 4) is 11.3 Å². The van der Waals surface area contributed by atoms with Gasteiger partial charge >= 0.3 is 11.9 Å². The highest BCUT2D eigenvalue weighted by molar-refractivity contribution is 6.08. The van der Waals surface area contributed by atoms with Crippen LogP contribution in [0, 0.1) is 6.92 Å². The fraction of sp³-hybridized carbons (Fsp3) is 0.250. The molecule has 0 saturated heterocycles. The minimum Gasteiger partial charge on any atom is -0.466 e. The minimum atomic E-state index is -1.81. The summed E-state index contributed by atoms with van der Waals surface area (Å²) >= 11 is 0. The number of hydrogen-bond acceptors (Lipinski definition) is 9. The van der Waals surface area contributed by atoms with Crippen LogP contribution < -0.4 is 5.73 Å². The Bertz CT molecular complexity index is 1220. The Morgan fingerprint density at radius 2 is 1.82 bits per heavy atom. The molecule has 170 valence electrons. The van der Waals surface area contributed by atoms with Gasteiger partial charge in [0, 0.05) is 23.7 Å². The lowest BCUT2D eigenvalue weighted by Crippen LogP contribution is -2.47. The molecule has 1 aromatic heterocycles. The van der Waals surface area contributed by atoms with Crippen molar-refractivity contribution in [1.29, 1.82) is 0 Å². The minimum absolute atomic E-state index is 0.0509. The van der Waals surface area contributed by atoms with E-state index < -0.39 is 23.6 Å². The fourth-order valence-electron chi connectivity index (χ4n) is 3.93. The second kappa shape index (κ2) is 8.78. The molecule has 2 heterocycles. The van der Waals surface area contributed by atoms with Crippen LogP contribution in [0.5, 0.6) is 0 Å². The van der Waals surface area contributed by atoms with Gasteiger partial charge in [-0.15, -0.1) is 0 Å². The molecule has 0 fully saturated rings. The molecular formula is C24H23N3O6. The van der Waals surface area contributed by atoms with Crippen LogP contribution in [-0.2, 0) is 23.9 Å². The third kappa shape index (κ3) is 3.93. The Hall–Kier alpha value is -4.14. The number of aryl methyl sites for hydroxylation is 1. The maximum Gasteiger partial charge on any atom is 0.357 e. The van der Waals surface area contributed by atoms with E-state index in [0.717, 1.165) is 0 Å². The third-order valence-electron chi connectivity index (χ3n) is 5.48. The van der Waals surface area contributed by atoms with E-state index in [1.165, 1.54) is 14.0 Å². The second-order valence-corrected chi connectivity index (χ2v) is 7.63. The Balaban J connectivity index is 1.86. The molecule has 2 aromatic carbocycles. The zero-order valence-electron chi connectivity index (χ0n) is 18.4. The smallest absolute Gasteiger partial charge is 0.357 e. The number of para-hydroxylation sites is 1. The molecule has 0 unspecified atom stereocenters. The number of nitrogens with zero attached hydrogens (tertiary/aromatic N) is 2. The molecule has 1 aliphatic heterocycles. The predicted octanol–water partition coefficient (Wildman–Crippen LogP) is 3.57. The molecule has 0 radical (unpaired) electrons. The summed E-state index contributed by atoms with van der Waals surface area (Å²) in [4.78, 5) is 31.1. The molecule has 9 nitrogen and oxygen atoms in total. The molecule has 0 bridgehead atoms. The number of aromatic nitrogens is 1. The lowest BCUT2D eigenvalue weighted by molar-refractivity contribution is -0.192. The summed E-state index contributed by atoms with van der Waals surface area (Å²) in [6.45, 7) is 2.91. The Labute approximate surface area is 190 Å². The van der Waals surface area contributed by atoms with Gasteiger partial charge in [-0.2, -0.15) is 0 Å². The summed E-state index contributed by atoms with van der Waals surface area (Å²) in [5, 5.41) is 8.31. The fourth-order valence-corrected chi connectivity index (χ4v) is 3.93. The zero-order valence-corrected chi connectivity index (χ0v) is 18.4. The average molecular weight is 449 g/mol. The van der Waals surface area contributed by atoms with Crippen molar-refractivity contribution >= 4 is 23.3 Å². The SMILES string of the molecule is COC(=O)[C@@]1([C@@H](OC(C)=O)c2c(-c3ccccc3)noc2C)CC(c2ccccc2N)=NO1. The first-order valence-electron chi connectivity index (χ1n) is 10.2. The normalized spacial score (nSPS) is 18.2. The van der Waals surface area contributed by atoms with Gasteiger partial charge in [0.25, 0.3) is 5.60 Å². The van der Waals surface area contributed by atoms with E-state index in [1.54, 1.807) is 31.2 Å². The molecule has 2 N–H and O–H groups in total. The first-order valence-corrected chi connectivity index (χ1v) is 10.2. The monoisotopic (exact) mass is 449 g/mol. The van der Waals surface area contributed by atoms with Crippen molar-refractivity contribution in [3.63, 3.8) is 0 Å². The van der Waals surface area contributed by atoms with Crippen molar-refractivity contribution in [1.82, 2.24) is 5.16 Å². The highest BCUT2D eigenvalue weighted by Gasteiger charge is 2.58. The van der Waals surface area contributed by atoms with Crippen molar-refractivity contribution < 1.29 is 28.4 Å². The van der Waals surface area contributed by atoms with Crippen LogP contribution in [0.2, 0.25) is 0 Å². The maximum atomic E-state index is 13.2. The molecular weight excluding hydrogens is 426 g/mol. The summed E-state index contributed by atoms with van der Waals surface area (Å²) in [5.74, 6) is -1.03. The van der Waals surface area contributed by atoms with Gasteiger partial charge in [0.1, 0.15) is 11.5 Å². The molecule has 2 atom stereocenters. The number of oxime groups is 1. The quantitative estimate of drug-likeness (QED) is 0.447. The molecule has 9 heteroatoms. The topological polar surface area (TPSA) is 126 Å². The summed E-state index contributed by atoms with van der Waals surface area (Å²) in [7, 11) is 1.23. The number of nitrogens with two attached hydrogens (primary N) is 1. The molecule has 0 amide bonds. The third-order valence-corrected chi connectivity index (χ3v) is 5.48. The summed E-state index contributed by atoms with van der Waals surface area (Å²) in [5.41, 5.74) is 7.32. The van der Waals surface area contributed by atoms with Crippen molar-refractivity contribution in [3.05, 3.63) is 71.5 Å². The van der Waals surface area contributed by atoms with Crippen LogP contribution in [-0.4, -0.2) is 35.5 Å². The van der Waals surface area contributed by atoms with Crippen molar-refractivity contribution in [2.75, 3.05) is 12.8 Å². The zero-order chi connectivity index (χ0) is 23.6. The number of carbonyl (C=O) groups excluding carboxylic acids is 2. The van der Waals surface area contributed by atoms with Crippen LogP contribution >= 0.6 is 0 Å². The highest BCUT2D eigenvalue weighted by atomic mass is 16.7. The van der Waals surface area contributed by atoms with E-state index in [-0.39, 0.29) is 6.42 Å². The van der Waals surface area contributed by atoms with Gasteiger partial charge in [0.05, 0.1) is 24.8 Å². The molecule has 1 aliphatic rings. The number of carbonyl (C=O) groups is 2. The molecule has 33 heavy (non-hydrogen) atoms. The predicted molar refractivity (Wildman–Crippen MR) is 119 cm³/mol. The Kier molecular flexibility index (Phi) is 5.87. The van der Waals surface area contributed by atoms with Crippen LogP contribution in [0.3, 0.4) is 0 Å². The lowest BCUT2D eigenvalue weighted by Gasteiger charge is -2.31. The molecule has 0 aliphatic carbocycles. The van der Waals surface area contributed by atoms with E-state index in [4.69, 9.17) is 24.6 Å². The average Bonchev–Trinajstić information content (AvgIpc) is 3.43. The lowest BCUT2D eigenvalue weighted by atomic mass is 9.83. The summed E-state index contributed by atoms with van der Waals surface area (Å²) < 4.78 is 16.2. The summed E-state index contributed by atoms with van der Waals surface area (Å²) in [6.07, 6.45) is -1.31. The molecule has 4 rings (SSSR count). The van der Waals surface area contributed by atoms with Crippen LogP contribution in [0.1, 0.15) is 36.3 Å². The number of nitrogen functional groups attached to an aromatic ring is 1. The standard InChI is InChI=1S/C24H23N3O6/c1-14-20(21(27-32-14)16-9-5-4-6-10-16)22(31-15(2)28)24(23(29)30-3)13-19(26-33-24)17-11-7-8-12-18(17)25/h4-12,22H,13,25H2,1-3H3/t22-,24-/m0/s1. The number of ether oxygens (including phenoxy) is 2. The first kappa shape index (κ1) is 22.1. The number of anilines is 1. The van der Waals surface area contributed by atoms with E-state index in [1.807, 2.05) is 30.3 Å². The van der Waals surface area contributed by atoms with Gasteiger partial charge < -0.3 is 24.6 Å².